The van der Waals surface area contributed by atoms with Crippen LogP contribution in [0.4, 0.5) is 0 Å². The van der Waals surface area contributed by atoms with Gasteiger partial charge in [-0.05, 0) is 22.6 Å². The van der Waals surface area contributed by atoms with Crippen molar-refractivity contribution in [1.29, 1.82) is 0 Å². The van der Waals surface area contributed by atoms with Gasteiger partial charge < -0.3 is 15.4 Å². The summed E-state index contributed by atoms with van der Waals surface area (Å²) in [5.74, 6) is 0.839. The van der Waals surface area contributed by atoms with Crippen LogP contribution in [-0.4, -0.2) is 50.8 Å². The van der Waals surface area contributed by atoms with Crippen molar-refractivity contribution in [3.8, 4) is 0 Å². The molecule has 0 aliphatic carbocycles. The summed E-state index contributed by atoms with van der Waals surface area (Å²) in [5.41, 5.74) is 2.75. The smallest absolute Gasteiger partial charge is 0.191 e. The fourth-order valence-electron chi connectivity index (χ4n) is 3.34. The zero-order valence-electron chi connectivity index (χ0n) is 17.6. The van der Waals surface area contributed by atoms with Gasteiger partial charge in [-0.3, -0.25) is 9.89 Å². The van der Waals surface area contributed by atoms with Crippen molar-refractivity contribution in [2.45, 2.75) is 32.4 Å². The van der Waals surface area contributed by atoms with E-state index in [-0.39, 0.29) is 29.4 Å². The molecule has 29 heavy (non-hydrogen) atoms. The number of guanidine groups is 1. The molecular weight excluding hydrogens is 495 g/mol. The van der Waals surface area contributed by atoms with Crippen molar-refractivity contribution in [3.63, 3.8) is 0 Å². The van der Waals surface area contributed by atoms with Crippen LogP contribution in [0, 0.1) is 0 Å². The first-order chi connectivity index (χ1) is 13.6. The van der Waals surface area contributed by atoms with Crippen LogP contribution < -0.4 is 10.6 Å². The predicted molar refractivity (Wildman–Crippen MR) is 133 cm³/mol. The molecule has 2 aromatic rings. The van der Waals surface area contributed by atoms with E-state index in [0.29, 0.717) is 0 Å². The Morgan fingerprint density at radius 3 is 2.48 bits per heavy atom. The Labute approximate surface area is 196 Å². The van der Waals surface area contributed by atoms with Crippen LogP contribution in [0.15, 0.2) is 46.8 Å². The molecule has 1 saturated heterocycles. The summed E-state index contributed by atoms with van der Waals surface area (Å²) in [6.45, 7) is 10.8. The number of ether oxygens (including phenoxy) is 1. The Balaban J connectivity index is 0.00000300. The number of halogens is 1. The molecule has 0 bridgehead atoms. The number of nitrogens with one attached hydrogen (secondary N) is 2. The highest BCUT2D eigenvalue weighted by Gasteiger charge is 2.22. The molecule has 2 N–H and O–H groups in total. The Kier molecular flexibility index (Phi) is 9.88. The highest BCUT2D eigenvalue weighted by Crippen LogP contribution is 2.26. The minimum atomic E-state index is 0. The van der Waals surface area contributed by atoms with Gasteiger partial charge in [0.2, 0.25) is 0 Å². The molecule has 1 aromatic carbocycles. The Morgan fingerprint density at radius 1 is 1.10 bits per heavy atom. The van der Waals surface area contributed by atoms with Crippen molar-refractivity contribution in [1.82, 2.24) is 15.5 Å². The van der Waals surface area contributed by atoms with Crippen LogP contribution in [0.3, 0.4) is 0 Å². The average molecular weight is 529 g/mol. The quantitative estimate of drug-likeness (QED) is 0.326. The third-order valence-electron chi connectivity index (χ3n) is 5.17. The van der Waals surface area contributed by atoms with Gasteiger partial charge in [0.05, 0.1) is 13.2 Å². The zero-order valence-corrected chi connectivity index (χ0v) is 20.8. The van der Waals surface area contributed by atoms with E-state index in [4.69, 9.17) is 4.74 Å². The number of nitrogens with zero attached hydrogens (tertiary/aromatic N) is 2. The van der Waals surface area contributed by atoms with Gasteiger partial charge in [0.15, 0.2) is 5.96 Å². The van der Waals surface area contributed by atoms with Crippen LogP contribution in [0.5, 0.6) is 0 Å². The molecule has 0 radical (unpaired) electrons. The summed E-state index contributed by atoms with van der Waals surface area (Å²) in [6, 6.07) is 13.0. The van der Waals surface area contributed by atoms with E-state index >= 15 is 0 Å². The molecule has 2 heterocycles. The first-order valence-electron chi connectivity index (χ1n) is 9.94. The molecule has 0 saturated carbocycles. The summed E-state index contributed by atoms with van der Waals surface area (Å²) >= 11 is 1.80. The van der Waals surface area contributed by atoms with Crippen molar-refractivity contribution in [3.05, 3.63) is 57.8 Å². The topological polar surface area (TPSA) is 48.9 Å². The maximum absolute atomic E-state index is 5.46. The van der Waals surface area contributed by atoms with E-state index in [1.54, 1.807) is 11.3 Å². The van der Waals surface area contributed by atoms with E-state index < -0.39 is 0 Å². The second-order valence-corrected chi connectivity index (χ2v) is 8.75. The molecular formula is C22H33IN4OS. The summed E-state index contributed by atoms with van der Waals surface area (Å²) in [7, 11) is 1.83. The highest BCUT2D eigenvalue weighted by atomic mass is 127. The molecule has 7 heteroatoms. The van der Waals surface area contributed by atoms with Crippen LogP contribution in [0.1, 0.15) is 29.9 Å². The highest BCUT2D eigenvalue weighted by molar-refractivity contribution is 14.0. The molecule has 5 nitrogen and oxygen atoms in total. The Bertz CT molecular complexity index is 758. The number of aliphatic imine (C=N–C) groups is 1. The molecule has 1 aliphatic heterocycles. The molecule has 1 aliphatic rings. The van der Waals surface area contributed by atoms with E-state index in [0.717, 1.165) is 51.9 Å². The minimum absolute atomic E-state index is 0. The van der Waals surface area contributed by atoms with Gasteiger partial charge in [0, 0.05) is 50.1 Å². The average Bonchev–Trinajstić information content (AvgIpc) is 3.26. The van der Waals surface area contributed by atoms with Crippen molar-refractivity contribution >= 4 is 41.3 Å². The van der Waals surface area contributed by atoms with Crippen LogP contribution in [0.2, 0.25) is 0 Å². The summed E-state index contributed by atoms with van der Waals surface area (Å²) in [6.07, 6.45) is 0. The molecule has 1 fully saturated rings. The number of morpholine rings is 1. The number of thiophene rings is 1. The number of hydrogen-bond donors (Lipinski definition) is 2. The first kappa shape index (κ1) is 24.1. The first-order valence-corrected chi connectivity index (χ1v) is 10.8. The molecule has 0 spiro atoms. The molecule has 0 amide bonds. The third-order valence-corrected chi connectivity index (χ3v) is 6.41. The molecule has 0 unspecified atom stereocenters. The minimum Gasteiger partial charge on any atom is -0.379 e. The van der Waals surface area contributed by atoms with Gasteiger partial charge in [-0.15, -0.1) is 35.3 Å². The molecule has 0 atom stereocenters. The standard InChI is InChI=1S/C22H32N4OS.HI/c1-22(2,20-9-6-14-28-20)17-25-21(23-3)24-15-18-7-4-5-8-19(18)16-26-10-12-27-13-11-26;/h4-9,14H,10-13,15-17H2,1-3H3,(H2,23,24,25);1H. The largest absolute Gasteiger partial charge is 0.379 e. The lowest BCUT2D eigenvalue weighted by Gasteiger charge is -2.27. The number of benzene rings is 1. The van der Waals surface area contributed by atoms with E-state index in [9.17, 15) is 0 Å². The van der Waals surface area contributed by atoms with E-state index in [1.165, 1.54) is 16.0 Å². The second kappa shape index (κ2) is 11.9. The summed E-state index contributed by atoms with van der Waals surface area (Å²) in [5, 5.41) is 9.10. The molecule has 3 rings (SSSR count). The van der Waals surface area contributed by atoms with Crippen molar-refractivity contribution < 1.29 is 4.74 Å². The van der Waals surface area contributed by atoms with Crippen LogP contribution in [-0.2, 0) is 23.2 Å². The molecule has 160 valence electrons. The summed E-state index contributed by atoms with van der Waals surface area (Å²) in [4.78, 5) is 8.24. The van der Waals surface area contributed by atoms with Gasteiger partial charge >= 0.3 is 0 Å². The van der Waals surface area contributed by atoms with Gasteiger partial charge in [-0.1, -0.05) is 44.2 Å². The fraction of sp³-hybridized carbons (Fsp3) is 0.500. The van der Waals surface area contributed by atoms with Gasteiger partial charge in [0.25, 0.3) is 0 Å². The SMILES string of the molecule is CN=C(NCc1ccccc1CN1CCOCC1)NCC(C)(C)c1cccs1.I. The predicted octanol–water partition coefficient (Wildman–Crippen LogP) is 3.84. The normalized spacial score (nSPS) is 15.6. The lowest BCUT2D eigenvalue weighted by molar-refractivity contribution is 0.0341. The van der Waals surface area contributed by atoms with Crippen LogP contribution >= 0.6 is 35.3 Å². The summed E-state index contributed by atoms with van der Waals surface area (Å²) < 4.78 is 5.46. The second-order valence-electron chi connectivity index (χ2n) is 7.80. The zero-order chi connectivity index (χ0) is 19.8. The number of hydrogen-bond acceptors (Lipinski definition) is 4. The third kappa shape index (κ3) is 7.24. The van der Waals surface area contributed by atoms with Crippen molar-refractivity contribution in [2.24, 2.45) is 4.99 Å². The maximum atomic E-state index is 5.46. The Morgan fingerprint density at radius 2 is 1.83 bits per heavy atom. The fourth-order valence-corrected chi connectivity index (χ4v) is 4.19. The lowest BCUT2D eigenvalue weighted by atomic mass is 9.91. The van der Waals surface area contributed by atoms with Gasteiger partial charge in [-0.25, -0.2) is 0 Å². The monoisotopic (exact) mass is 528 g/mol. The number of rotatable bonds is 7. The van der Waals surface area contributed by atoms with Gasteiger partial charge in [-0.2, -0.15) is 0 Å². The van der Waals surface area contributed by atoms with E-state index in [1.807, 2.05) is 7.05 Å². The lowest BCUT2D eigenvalue weighted by Crippen LogP contribution is -2.43. The molecule has 1 aromatic heterocycles. The Hall–Kier alpha value is -1.16. The van der Waals surface area contributed by atoms with E-state index in [2.05, 4.69) is 76.2 Å². The van der Waals surface area contributed by atoms with Crippen LogP contribution in [0.25, 0.3) is 0 Å². The maximum Gasteiger partial charge on any atom is 0.191 e. The van der Waals surface area contributed by atoms with Gasteiger partial charge in [0.1, 0.15) is 0 Å². The van der Waals surface area contributed by atoms with Crippen molar-refractivity contribution in [2.75, 3.05) is 39.9 Å².